The highest BCUT2D eigenvalue weighted by molar-refractivity contribution is 5.98. The average Bonchev–Trinajstić information content (AvgIpc) is 2.88. The Morgan fingerprint density at radius 2 is 1.73 bits per heavy atom. The van der Waals surface area contributed by atoms with Gasteiger partial charge in [-0.25, -0.2) is 4.79 Å². The summed E-state index contributed by atoms with van der Waals surface area (Å²) in [7, 11) is 0. The van der Waals surface area contributed by atoms with Crippen LogP contribution in [0.2, 0.25) is 0 Å². The highest BCUT2D eigenvalue weighted by atomic mass is 16.5. The summed E-state index contributed by atoms with van der Waals surface area (Å²) < 4.78 is 5.08. The van der Waals surface area contributed by atoms with E-state index < -0.39 is 5.97 Å². The molecule has 0 heterocycles. The molecular formula is C20H26N2O4. The van der Waals surface area contributed by atoms with Crippen molar-refractivity contribution in [1.82, 2.24) is 10.6 Å². The van der Waals surface area contributed by atoms with E-state index in [0.717, 1.165) is 31.2 Å². The molecule has 2 amide bonds. The third-order valence-corrected chi connectivity index (χ3v) is 4.20. The maximum absolute atomic E-state index is 12.2. The van der Waals surface area contributed by atoms with Crippen LogP contribution in [0.4, 0.5) is 0 Å². The van der Waals surface area contributed by atoms with Crippen LogP contribution in [0.1, 0.15) is 51.0 Å². The summed E-state index contributed by atoms with van der Waals surface area (Å²) >= 11 is 0. The number of hydrogen-bond donors (Lipinski definition) is 2. The Labute approximate surface area is 154 Å². The van der Waals surface area contributed by atoms with Gasteiger partial charge in [-0.15, -0.1) is 0 Å². The highest BCUT2D eigenvalue weighted by Gasteiger charge is 2.18. The van der Waals surface area contributed by atoms with Crippen molar-refractivity contribution in [3.63, 3.8) is 0 Å². The molecule has 0 saturated heterocycles. The monoisotopic (exact) mass is 358 g/mol. The molecule has 1 fully saturated rings. The first-order chi connectivity index (χ1) is 12.5. The molecule has 0 unspecified atom stereocenters. The van der Waals surface area contributed by atoms with Crippen LogP contribution >= 0.6 is 0 Å². The normalized spacial score (nSPS) is 15.7. The number of carbonyl (C=O) groups is 3. The molecule has 0 bridgehead atoms. The Balaban J connectivity index is 1.90. The summed E-state index contributed by atoms with van der Waals surface area (Å²) in [6.45, 7) is 0.950. The zero-order valence-electron chi connectivity index (χ0n) is 15.1. The predicted octanol–water partition coefficient (Wildman–Crippen LogP) is 2.55. The number of hydrogen-bond acceptors (Lipinski definition) is 4. The van der Waals surface area contributed by atoms with Crippen LogP contribution < -0.4 is 10.6 Å². The van der Waals surface area contributed by atoms with Crippen molar-refractivity contribution in [3.05, 3.63) is 41.6 Å². The van der Waals surface area contributed by atoms with Gasteiger partial charge in [0.15, 0.2) is 6.61 Å². The molecule has 0 aliphatic heterocycles. The van der Waals surface area contributed by atoms with Crippen LogP contribution in [0.5, 0.6) is 0 Å². The lowest BCUT2D eigenvalue weighted by Gasteiger charge is -2.16. The predicted molar refractivity (Wildman–Crippen MR) is 98.8 cm³/mol. The first-order valence-electron chi connectivity index (χ1n) is 9.05. The van der Waals surface area contributed by atoms with Crippen LogP contribution in [-0.2, 0) is 19.1 Å². The lowest BCUT2D eigenvalue weighted by atomic mass is 10.1. The second kappa shape index (κ2) is 10.4. The van der Waals surface area contributed by atoms with Gasteiger partial charge in [0.2, 0.25) is 5.91 Å². The zero-order valence-corrected chi connectivity index (χ0v) is 15.1. The molecule has 0 radical (unpaired) electrons. The van der Waals surface area contributed by atoms with Gasteiger partial charge in [0.05, 0.1) is 0 Å². The van der Waals surface area contributed by atoms with Gasteiger partial charge >= 0.3 is 5.97 Å². The fourth-order valence-corrected chi connectivity index (χ4v) is 2.95. The van der Waals surface area contributed by atoms with Gasteiger partial charge < -0.3 is 15.4 Å². The molecule has 1 aliphatic carbocycles. The minimum atomic E-state index is -0.736. The molecule has 1 aliphatic rings. The topological polar surface area (TPSA) is 84.5 Å². The van der Waals surface area contributed by atoms with E-state index in [0.29, 0.717) is 0 Å². The van der Waals surface area contributed by atoms with E-state index >= 15 is 0 Å². The van der Waals surface area contributed by atoms with Crippen molar-refractivity contribution in [3.8, 4) is 0 Å². The van der Waals surface area contributed by atoms with Crippen LogP contribution in [0.25, 0.3) is 6.08 Å². The quantitative estimate of drug-likeness (QED) is 0.465. The Morgan fingerprint density at radius 1 is 1.08 bits per heavy atom. The second-order valence-corrected chi connectivity index (χ2v) is 6.48. The van der Waals surface area contributed by atoms with Crippen molar-refractivity contribution in [2.45, 2.75) is 51.5 Å². The van der Waals surface area contributed by atoms with E-state index in [1.54, 1.807) is 12.1 Å². The summed E-state index contributed by atoms with van der Waals surface area (Å²) in [4.78, 5) is 35.6. The van der Waals surface area contributed by atoms with E-state index in [2.05, 4.69) is 10.6 Å². The van der Waals surface area contributed by atoms with Gasteiger partial charge in [0.1, 0.15) is 5.70 Å². The van der Waals surface area contributed by atoms with Gasteiger partial charge in [0.25, 0.3) is 5.91 Å². The number of esters is 1. The Morgan fingerprint density at radius 3 is 2.35 bits per heavy atom. The number of carbonyl (C=O) groups excluding carboxylic acids is 3. The SMILES string of the molecule is CC(=O)N/C(=C\c1ccccc1)C(=O)OCC(=O)NC1CCCCCC1. The molecule has 0 aromatic heterocycles. The van der Waals surface area contributed by atoms with Crippen molar-refractivity contribution >= 4 is 23.9 Å². The Kier molecular flexibility index (Phi) is 7.86. The maximum atomic E-state index is 12.2. The molecule has 1 aromatic carbocycles. The number of rotatable bonds is 6. The number of benzene rings is 1. The van der Waals surface area contributed by atoms with Gasteiger partial charge in [-0.3, -0.25) is 9.59 Å². The van der Waals surface area contributed by atoms with E-state index in [4.69, 9.17) is 4.74 Å². The fourth-order valence-electron chi connectivity index (χ4n) is 2.95. The number of ether oxygens (including phenoxy) is 1. The van der Waals surface area contributed by atoms with Gasteiger partial charge in [-0.2, -0.15) is 0 Å². The van der Waals surface area contributed by atoms with Crippen molar-refractivity contribution in [2.24, 2.45) is 0 Å². The van der Waals surface area contributed by atoms with Crippen LogP contribution in [0.3, 0.4) is 0 Å². The lowest BCUT2D eigenvalue weighted by Crippen LogP contribution is -2.38. The largest absolute Gasteiger partial charge is 0.451 e. The molecule has 26 heavy (non-hydrogen) atoms. The van der Waals surface area contributed by atoms with E-state index in [9.17, 15) is 14.4 Å². The number of nitrogens with one attached hydrogen (secondary N) is 2. The van der Waals surface area contributed by atoms with Crippen LogP contribution in [0.15, 0.2) is 36.0 Å². The molecule has 2 rings (SSSR count). The molecule has 140 valence electrons. The van der Waals surface area contributed by atoms with Crippen molar-refractivity contribution < 1.29 is 19.1 Å². The molecule has 0 atom stereocenters. The Bertz CT molecular complexity index is 647. The molecule has 1 saturated carbocycles. The third kappa shape index (κ3) is 7.09. The summed E-state index contributed by atoms with van der Waals surface area (Å²) in [6.07, 6.45) is 8.06. The smallest absolute Gasteiger partial charge is 0.355 e. The summed E-state index contributed by atoms with van der Waals surface area (Å²) in [5.41, 5.74) is 0.752. The summed E-state index contributed by atoms with van der Waals surface area (Å²) in [5.74, 6) is -1.43. The van der Waals surface area contributed by atoms with Crippen LogP contribution in [0, 0.1) is 0 Å². The van der Waals surface area contributed by atoms with Gasteiger partial charge in [0, 0.05) is 13.0 Å². The standard InChI is InChI=1S/C20H26N2O4/c1-15(23)21-18(13-16-9-5-4-6-10-16)20(25)26-14-19(24)22-17-11-7-2-3-8-12-17/h4-6,9-10,13,17H,2-3,7-8,11-12,14H2,1H3,(H,21,23)(H,22,24)/b18-13-. The minimum absolute atomic E-state index is 0.00552. The van der Waals surface area contributed by atoms with E-state index in [-0.39, 0.29) is 30.2 Å². The lowest BCUT2D eigenvalue weighted by molar-refractivity contribution is -0.145. The molecule has 0 spiro atoms. The minimum Gasteiger partial charge on any atom is -0.451 e. The summed E-state index contributed by atoms with van der Waals surface area (Å²) in [6, 6.07) is 9.25. The maximum Gasteiger partial charge on any atom is 0.355 e. The Hall–Kier alpha value is -2.63. The first kappa shape index (κ1) is 19.7. The molecule has 6 heteroatoms. The fraction of sp³-hybridized carbons (Fsp3) is 0.450. The average molecular weight is 358 g/mol. The van der Waals surface area contributed by atoms with Gasteiger partial charge in [-0.05, 0) is 24.5 Å². The van der Waals surface area contributed by atoms with Crippen LogP contribution in [-0.4, -0.2) is 30.4 Å². The zero-order chi connectivity index (χ0) is 18.8. The second-order valence-electron chi connectivity index (χ2n) is 6.48. The van der Waals surface area contributed by atoms with E-state index in [1.165, 1.54) is 25.8 Å². The van der Waals surface area contributed by atoms with Crippen molar-refractivity contribution in [2.75, 3.05) is 6.61 Å². The third-order valence-electron chi connectivity index (χ3n) is 4.20. The highest BCUT2D eigenvalue weighted by Crippen LogP contribution is 2.17. The molecule has 1 aromatic rings. The van der Waals surface area contributed by atoms with E-state index in [1.807, 2.05) is 18.2 Å². The van der Waals surface area contributed by atoms with Gasteiger partial charge in [-0.1, -0.05) is 56.0 Å². The molecular weight excluding hydrogens is 332 g/mol. The summed E-state index contributed by atoms with van der Waals surface area (Å²) in [5, 5.41) is 5.38. The van der Waals surface area contributed by atoms with Crippen molar-refractivity contribution in [1.29, 1.82) is 0 Å². The first-order valence-corrected chi connectivity index (χ1v) is 9.05. The molecule has 2 N–H and O–H groups in total. The number of amides is 2. The molecule has 6 nitrogen and oxygen atoms in total.